The number of hydrogen-bond acceptors (Lipinski definition) is 4. The van der Waals surface area contributed by atoms with Crippen LogP contribution in [-0.4, -0.2) is 37.3 Å². The van der Waals surface area contributed by atoms with E-state index >= 15 is 0 Å². The minimum Gasteiger partial charge on any atom is -0.379 e. The van der Waals surface area contributed by atoms with Crippen molar-refractivity contribution in [1.82, 2.24) is 10.7 Å². The van der Waals surface area contributed by atoms with Crippen molar-refractivity contribution in [2.75, 3.05) is 13.2 Å². The number of halogens is 1. The lowest BCUT2D eigenvalue weighted by molar-refractivity contribution is -0.139. The molecule has 2 amide bonds. The molecule has 0 aromatic heterocycles. The number of benzene rings is 1. The predicted octanol–water partition coefficient (Wildman–Crippen LogP) is 1.72. The highest BCUT2D eigenvalue weighted by Gasteiger charge is 2.11. The molecule has 22 heavy (non-hydrogen) atoms. The van der Waals surface area contributed by atoms with E-state index in [4.69, 9.17) is 16.3 Å². The summed E-state index contributed by atoms with van der Waals surface area (Å²) in [5, 5.41) is 6.81. The summed E-state index contributed by atoms with van der Waals surface area (Å²) in [4.78, 5) is 22.9. The first-order chi connectivity index (χ1) is 10.5. The highest BCUT2D eigenvalue weighted by Crippen LogP contribution is 2.07. The maximum atomic E-state index is 11.5. The molecule has 1 aromatic rings. The van der Waals surface area contributed by atoms with Crippen molar-refractivity contribution in [2.24, 2.45) is 5.10 Å². The second kappa shape index (κ2) is 9.92. The third-order valence-electron chi connectivity index (χ3n) is 2.51. The van der Waals surface area contributed by atoms with E-state index in [1.165, 1.54) is 6.21 Å². The molecule has 0 fully saturated rings. The summed E-state index contributed by atoms with van der Waals surface area (Å²) in [5.74, 6) is -1.53. The Kier molecular flexibility index (Phi) is 8.17. The summed E-state index contributed by atoms with van der Waals surface area (Å²) in [6.45, 7) is 4.78. The normalized spacial score (nSPS) is 10.9. The lowest BCUT2D eigenvalue weighted by atomic mass is 10.2. The van der Waals surface area contributed by atoms with Gasteiger partial charge in [0.05, 0.1) is 12.3 Å². The molecular formula is C15H20ClN3O3. The Balaban J connectivity index is 2.23. The summed E-state index contributed by atoms with van der Waals surface area (Å²) in [6.07, 6.45) is 2.23. The predicted molar refractivity (Wildman–Crippen MR) is 85.9 cm³/mol. The molecule has 7 heteroatoms. The van der Waals surface area contributed by atoms with Gasteiger partial charge < -0.3 is 10.1 Å². The molecule has 0 atom stereocenters. The molecular weight excluding hydrogens is 306 g/mol. The first-order valence-electron chi connectivity index (χ1n) is 6.97. The SMILES string of the molecule is CC(C)OCCCNC(=O)C(=O)N/N=C\c1ccc(Cl)cc1. The van der Waals surface area contributed by atoms with Gasteiger partial charge in [0.25, 0.3) is 0 Å². The second-order valence-corrected chi connectivity index (χ2v) is 5.22. The summed E-state index contributed by atoms with van der Waals surface area (Å²) in [6, 6.07) is 6.90. The maximum absolute atomic E-state index is 11.5. The standard InChI is InChI=1S/C15H20ClN3O3/c1-11(2)22-9-3-8-17-14(20)15(21)19-18-10-12-4-6-13(16)7-5-12/h4-7,10-11H,3,8-9H2,1-2H3,(H,17,20)(H,19,21)/b18-10-. The van der Waals surface area contributed by atoms with Crippen LogP contribution in [0.15, 0.2) is 29.4 Å². The van der Waals surface area contributed by atoms with Crippen LogP contribution in [0.1, 0.15) is 25.8 Å². The summed E-state index contributed by atoms with van der Waals surface area (Å²) < 4.78 is 5.32. The zero-order valence-electron chi connectivity index (χ0n) is 12.6. The summed E-state index contributed by atoms with van der Waals surface area (Å²) in [5.41, 5.74) is 2.92. The highest BCUT2D eigenvalue weighted by atomic mass is 35.5. The van der Waals surface area contributed by atoms with Crippen LogP contribution >= 0.6 is 11.6 Å². The molecule has 2 N–H and O–H groups in total. The number of nitrogens with one attached hydrogen (secondary N) is 2. The first-order valence-corrected chi connectivity index (χ1v) is 7.35. The molecule has 1 aromatic carbocycles. The van der Waals surface area contributed by atoms with Crippen molar-refractivity contribution in [3.8, 4) is 0 Å². The number of nitrogens with zero attached hydrogens (tertiary/aromatic N) is 1. The van der Waals surface area contributed by atoms with Crippen LogP contribution in [0.3, 0.4) is 0 Å². The van der Waals surface area contributed by atoms with Crippen molar-refractivity contribution in [1.29, 1.82) is 0 Å². The lowest BCUT2D eigenvalue weighted by Gasteiger charge is -2.07. The molecule has 0 radical (unpaired) electrons. The van der Waals surface area contributed by atoms with E-state index in [-0.39, 0.29) is 6.10 Å². The fourth-order valence-corrected chi connectivity index (χ4v) is 1.56. The van der Waals surface area contributed by atoms with E-state index in [1.807, 2.05) is 13.8 Å². The van der Waals surface area contributed by atoms with Gasteiger partial charge in [-0.05, 0) is 38.0 Å². The minimum atomic E-state index is -0.810. The van der Waals surface area contributed by atoms with E-state index in [0.717, 1.165) is 5.56 Å². The van der Waals surface area contributed by atoms with Gasteiger partial charge in [0, 0.05) is 18.2 Å². The number of hydrogen-bond donors (Lipinski definition) is 2. The van der Waals surface area contributed by atoms with E-state index in [1.54, 1.807) is 24.3 Å². The summed E-state index contributed by atoms with van der Waals surface area (Å²) in [7, 11) is 0. The Bertz CT molecular complexity index is 515. The fraction of sp³-hybridized carbons (Fsp3) is 0.400. The molecule has 6 nitrogen and oxygen atoms in total. The molecule has 0 unspecified atom stereocenters. The fourth-order valence-electron chi connectivity index (χ4n) is 1.44. The highest BCUT2D eigenvalue weighted by molar-refractivity contribution is 6.35. The van der Waals surface area contributed by atoms with Gasteiger partial charge in [-0.15, -0.1) is 0 Å². The Morgan fingerprint density at radius 3 is 2.59 bits per heavy atom. The van der Waals surface area contributed by atoms with Gasteiger partial charge in [-0.1, -0.05) is 23.7 Å². The monoisotopic (exact) mass is 325 g/mol. The van der Waals surface area contributed by atoms with Gasteiger partial charge in [0.2, 0.25) is 0 Å². The third kappa shape index (κ3) is 7.75. The Morgan fingerprint density at radius 1 is 1.27 bits per heavy atom. The van der Waals surface area contributed by atoms with Crippen LogP contribution in [-0.2, 0) is 14.3 Å². The van der Waals surface area contributed by atoms with Crippen molar-refractivity contribution < 1.29 is 14.3 Å². The van der Waals surface area contributed by atoms with E-state index in [9.17, 15) is 9.59 Å². The molecule has 0 bridgehead atoms. The van der Waals surface area contributed by atoms with E-state index < -0.39 is 11.8 Å². The number of amides is 2. The largest absolute Gasteiger partial charge is 0.379 e. The van der Waals surface area contributed by atoms with Gasteiger partial charge in [-0.3, -0.25) is 9.59 Å². The number of rotatable bonds is 7. The van der Waals surface area contributed by atoms with Crippen LogP contribution in [0.2, 0.25) is 5.02 Å². The molecule has 120 valence electrons. The van der Waals surface area contributed by atoms with Crippen molar-refractivity contribution >= 4 is 29.6 Å². The zero-order valence-corrected chi connectivity index (χ0v) is 13.4. The van der Waals surface area contributed by atoms with Gasteiger partial charge in [-0.2, -0.15) is 5.10 Å². The average Bonchev–Trinajstić information content (AvgIpc) is 2.48. The molecule has 0 aliphatic rings. The first kappa shape index (κ1) is 18.1. The molecule has 0 aliphatic carbocycles. The number of carbonyl (C=O) groups is 2. The number of ether oxygens (including phenoxy) is 1. The molecule has 0 saturated carbocycles. The van der Waals surface area contributed by atoms with Crippen LogP contribution in [0.25, 0.3) is 0 Å². The topological polar surface area (TPSA) is 79.8 Å². The van der Waals surface area contributed by atoms with E-state index in [2.05, 4.69) is 15.8 Å². The Hall–Kier alpha value is -1.92. The lowest BCUT2D eigenvalue weighted by Crippen LogP contribution is -2.38. The molecule has 0 spiro atoms. The van der Waals surface area contributed by atoms with Gasteiger partial charge in [0.1, 0.15) is 0 Å². The molecule has 0 aliphatic heterocycles. The number of carbonyl (C=O) groups excluding carboxylic acids is 2. The zero-order chi connectivity index (χ0) is 16.4. The molecule has 0 heterocycles. The second-order valence-electron chi connectivity index (χ2n) is 4.78. The van der Waals surface area contributed by atoms with Gasteiger partial charge >= 0.3 is 11.8 Å². The number of hydrazone groups is 1. The van der Waals surface area contributed by atoms with Crippen LogP contribution in [0.5, 0.6) is 0 Å². The average molecular weight is 326 g/mol. The Labute approximate surface area is 134 Å². The smallest absolute Gasteiger partial charge is 0.329 e. The maximum Gasteiger partial charge on any atom is 0.329 e. The van der Waals surface area contributed by atoms with Gasteiger partial charge in [-0.25, -0.2) is 5.43 Å². The minimum absolute atomic E-state index is 0.154. The molecule has 1 rings (SSSR count). The molecule has 0 saturated heterocycles. The van der Waals surface area contributed by atoms with E-state index in [0.29, 0.717) is 24.6 Å². The van der Waals surface area contributed by atoms with Gasteiger partial charge in [0.15, 0.2) is 0 Å². The quantitative estimate of drug-likeness (QED) is 0.347. The third-order valence-corrected chi connectivity index (χ3v) is 2.77. The Morgan fingerprint density at radius 2 is 1.95 bits per heavy atom. The van der Waals surface area contributed by atoms with Crippen molar-refractivity contribution in [3.05, 3.63) is 34.9 Å². The van der Waals surface area contributed by atoms with Crippen LogP contribution in [0.4, 0.5) is 0 Å². The van der Waals surface area contributed by atoms with Crippen molar-refractivity contribution in [3.63, 3.8) is 0 Å². The van der Waals surface area contributed by atoms with Crippen LogP contribution in [0, 0.1) is 0 Å². The van der Waals surface area contributed by atoms with Crippen LogP contribution < -0.4 is 10.7 Å². The van der Waals surface area contributed by atoms with Crippen molar-refractivity contribution in [2.45, 2.75) is 26.4 Å². The summed E-state index contributed by atoms with van der Waals surface area (Å²) >= 11 is 5.75.